The highest BCUT2D eigenvalue weighted by molar-refractivity contribution is 5.95. The van der Waals surface area contributed by atoms with Crippen molar-refractivity contribution in [3.05, 3.63) is 78.0 Å². The molecule has 0 bridgehead atoms. The molecule has 5 rings (SSSR count). The summed E-state index contributed by atoms with van der Waals surface area (Å²) in [6.45, 7) is -0.557. The predicted molar refractivity (Wildman–Crippen MR) is 138 cm³/mol. The number of aliphatic hydroxyl groups excluding tert-OH is 1. The number of piperidine rings is 1. The summed E-state index contributed by atoms with van der Waals surface area (Å²) in [5.41, 5.74) is 2.88. The van der Waals surface area contributed by atoms with Gasteiger partial charge in [-0.05, 0) is 53.3 Å². The fourth-order valence-corrected chi connectivity index (χ4v) is 4.86. The van der Waals surface area contributed by atoms with E-state index in [1.54, 1.807) is 36.5 Å². The van der Waals surface area contributed by atoms with Gasteiger partial charge in [0, 0.05) is 25.1 Å². The number of aliphatic hydroxyl groups is 1. The molecule has 0 radical (unpaired) electrons. The van der Waals surface area contributed by atoms with E-state index in [0.717, 1.165) is 23.1 Å². The first-order valence-corrected chi connectivity index (χ1v) is 12.5. The third-order valence-electron chi connectivity index (χ3n) is 7.05. The number of pyridine rings is 1. The summed E-state index contributed by atoms with van der Waals surface area (Å²) in [5.74, 6) is 0.226. The number of carbonyl (C=O) groups excluding carboxylic acids is 2. The second-order valence-electron chi connectivity index (χ2n) is 9.56. The van der Waals surface area contributed by atoms with Crippen molar-refractivity contribution in [1.82, 2.24) is 9.88 Å². The number of rotatable bonds is 7. The van der Waals surface area contributed by atoms with Gasteiger partial charge in [0.25, 0.3) is 0 Å². The maximum atomic E-state index is 14.7. The maximum absolute atomic E-state index is 14.7. The Balaban J connectivity index is 1.25. The van der Waals surface area contributed by atoms with Gasteiger partial charge >= 0.3 is 0 Å². The lowest BCUT2D eigenvalue weighted by molar-refractivity contribution is -0.138. The summed E-state index contributed by atoms with van der Waals surface area (Å²) in [7, 11) is 0. The van der Waals surface area contributed by atoms with Crippen LogP contribution in [0.1, 0.15) is 29.9 Å². The Morgan fingerprint density at radius 1 is 1.16 bits per heavy atom. The van der Waals surface area contributed by atoms with Crippen LogP contribution < -0.4 is 10.1 Å². The molecule has 2 fully saturated rings. The predicted octanol–water partition coefficient (Wildman–Crippen LogP) is 3.67. The van der Waals surface area contributed by atoms with Gasteiger partial charge < -0.3 is 20.1 Å². The molecule has 2 aromatic carbocycles. The van der Waals surface area contributed by atoms with E-state index in [0.29, 0.717) is 5.82 Å². The lowest BCUT2D eigenvalue weighted by Crippen LogP contribution is -2.50. The Bertz CT molecular complexity index is 1380. The van der Waals surface area contributed by atoms with E-state index >= 15 is 0 Å². The Morgan fingerprint density at radius 2 is 1.95 bits per heavy atom. The van der Waals surface area contributed by atoms with Gasteiger partial charge in [-0.1, -0.05) is 36.4 Å². The number of aromatic nitrogens is 1. The normalized spacial score (nSPS) is 22.3. The number of halogens is 1. The maximum Gasteiger partial charge on any atom is 0.248 e. The van der Waals surface area contributed by atoms with Crippen molar-refractivity contribution in [3.63, 3.8) is 0 Å². The topological polar surface area (TPSA) is 116 Å². The molecule has 4 atom stereocenters. The number of hydrogen-bond acceptors (Lipinski definition) is 6. The first kappa shape index (κ1) is 25.4. The summed E-state index contributed by atoms with van der Waals surface area (Å²) in [4.78, 5) is 30.0. The Kier molecular flexibility index (Phi) is 7.33. The molecular formula is C29H27FN4O4. The van der Waals surface area contributed by atoms with Gasteiger partial charge in [0.15, 0.2) is 6.17 Å². The number of ether oxygens (including phenoxy) is 1. The number of likely N-dealkylation sites (tertiary alicyclic amines) is 1. The number of amides is 2. The smallest absolute Gasteiger partial charge is 0.248 e. The third-order valence-corrected chi connectivity index (χ3v) is 7.05. The number of benzene rings is 2. The van der Waals surface area contributed by atoms with Gasteiger partial charge in [-0.3, -0.25) is 9.59 Å². The van der Waals surface area contributed by atoms with Crippen molar-refractivity contribution in [1.29, 1.82) is 5.26 Å². The molecule has 9 heteroatoms. The molecular weight excluding hydrogens is 487 g/mol. The van der Waals surface area contributed by atoms with Crippen LogP contribution >= 0.6 is 0 Å². The molecule has 1 aromatic heterocycles. The second-order valence-corrected chi connectivity index (χ2v) is 9.56. The zero-order chi connectivity index (χ0) is 26.6. The molecule has 2 heterocycles. The molecule has 1 aliphatic heterocycles. The van der Waals surface area contributed by atoms with Crippen LogP contribution in [0, 0.1) is 17.2 Å². The van der Waals surface area contributed by atoms with E-state index in [1.807, 2.05) is 30.3 Å². The monoisotopic (exact) mass is 514 g/mol. The number of nitrogens with one attached hydrogen (secondary N) is 1. The van der Waals surface area contributed by atoms with Crippen LogP contribution in [-0.2, 0) is 9.59 Å². The average Bonchev–Trinajstić information content (AvgIpc) is 3.76. The molecule has 194 valence electrons. The van der Waals surface area contributed by atoms with Gasteiger partial charge in [0.2, 0.25) is 11.8 Å². The number of carbonyl (C=O) groups is 2. The van der Waals surface area contributed by atoms with Gasteiger partial charge in [-0.15, -0.1) is 0 Å². The van der Waals surface area contributed by atoms with E-state index in [4.69, 9.17) is 9.84 Å². The zero-order valence-corrected chi connectivity index (χ0v) is 20.6. The van der Waals surface area contributed by atoms with E-state index in [9.17, 15) is 19.2 Å². The molecule has 1 aliphatic carbocycles. The van der Waals surface area contributed by atoms with Gasteiger partial charge in [-0.25, -0.2) is 9.37 Å². The average molecular weight is 515 g/mol. The van der Waals surface area contributed by atoms with Gasteiger partial charge in [0.1, 0.15) is 30.3 Å². The van der Waals surface area contributed by atoms with E-state index < -0.39 is 24.8 Å². The van der Waals surface area contributed by atoms with Crippen LogP contribution in [0.15, 0.2) is 66.9 Å². The zero-order valence-electron chi connectivity index (χ0n) is 20.6. The minimum Gasteiger partial charge on any atom is -0.486 e. The number of anilines is 1. The SMILES string of the molecule is N#Cc1cc(-c2ccnc(NC(=O)C3CC3c3ccccc3)c2)ccc1O[C@H]1CCN(C(=O)CO)C[C@H]1F. The van der Waals surface area contributed by atoms with E-state index in [1.165, 1.54) is 4.90 Å². The fraction of sp³-hybridized carbons (Fsp3) is 0.310. The van der Waals surface area contributed by atoms with Crippen molar-refractivity contribution >= 4 is 17.6 Å². The molecule has 38 heavy (non-hydrogen) atoms. The van der Waals surface area contributed by atoms with Crippen molar-refractivity contribution < 1.29 is 23.8 Å². The minimum absolute atomic E-state index is 0.0718. The van der Waals surface area contributed by atoms with Crippen LogP contribution in [0.5, 0.6) is 5.75 Å². The van der Waals surface area contributed by atoms with Crippen molar-refractivity contribution in [2.75, 3.05) is 25.0 Å². The van der Waals surface area contributed by atoms with Crippen molar-refractivity contribution in [2.24, 2.45) is 5.92 Å². The largest absolute Gasteiger partial charge is 0.486 e. The molecule has 1 saturated carbocycles. The minimum atomic E-state index is -1.44. The van der Waals surface area contributed by atoms with Crippen molar-refractivity contribution in [3.8, 4) is 22.9 Å². The Labute approximate surface area is 219 Å². The quantitative estimate of drug-likeness (QED) is 0.497. The van der Waals surface area contributed by atoms with Crippen LogP contribution in [-0.4, -0.2) is 58.8 Å². The van der Waals surface area contributed by atoms with E-state index in [2.05, 4.69) is 16.4 Å². The highest BCUT2D eigenvalue weighted by Gasteiger charge is 2.44. The number of nitrogens with zero attached hydrogens (tertiary/aromatic N) is 3. The molecule has 2 aliphatic rings. The van der Waals surface area contributed by atoms with Crippen LogP contribution in [0.4, 0.5) is 10.2 Å². The highest BCUT2D eigenvalue weighted by Crippen LogP contribution is 2.47. The van der Waals surface area contributed by atoms with Crippen molar-refractivity contribution in [2.45, 2.75) is 31.0 Å². The third kappa shape index (κ3) is 5.50. The molecule has 2 unspecified atom stereocenters. The number of hydrogen-bond donors (Lipinski definition) is 2. The second kappa shape index (κ2) is 11.0. The highest BCUT2D eigenvalue weighted by atomic mass is 19.1. The summed E-state index contributed by atoms with van der Waals surface area (Å²) in [5, 5.41) is 21.6. The summed E-state index contributed by atoms with van der Waals surface area (Å²) in [6, 6.07) is 20.6. The first-order chi connectivity index (χ1) is 18.5. The number of nitriles is 1. The first-order valence-electron chi connectivity index (χ1n) is 12.5. The molecule has 2 N–H and O–H groups in total. The molecule has 3 aromatic rings. The molecule has 2 amide bonds. The number of alkyl halides is 1. The molecule has 1 saturated heterocycles. The fourth-order valence-electron chi connectivity index (χ4n) is 4.86. The molecule has 8 nitrogen and oxygen atoms in total. The standard InChI is InChI=1S/C29H27FN4O4/c30-24-16-34(28(36)17-35)11-9-26(24)38-25-7-6-19(12-21(25)15-31)20-8-10-32-27(13-20)33-29(37)23-14-22(23)18-4-2-1-3-5-18/h1-8,10,12-13,22-24,26,35H,9,11,14,16-17H2,(H,32,33,37)/t22?,23?,24-,26+/m1/s1. The summed E-state index contributed by atoms with van der Waals surface area (Å²) in [6.07, 6.45) is 0.404. The molecule has 0 spiro atoms. The lowest BCUT2D eigenvalue weighted by Gasteiger charge is -2.34. The van der Waals surface area contributed by atoms with Gasteiger partial charge in [-0.2, -0.15) is 5.26 Å². The Morgan fingerprint density at radius 3 is 2.68 bits per heavy atom. The van der Waals surface area contributed by atoms with Crippen LogP contribution in [0.25, 0.3) is 11.1 Å². The van der Waals surface area contributed by atoms with E-state index in [-0.39, 0.29) is 48.6 Å². The Hall–Kier alpha value is -4.29. The summed E-state index contributed by atoms with van der Waals surface area (Å²) >= 11 is 0. The summed E-state index contributed by atoms with van der Waals surface area (Å²) < 4.78 is 20.5. The van der Waals surface area contributed by atoms with Crippen LogP contribution in [0.3, 0.4) is 0 Å². The van der Waals surface area contributed by atoms with Gasteiger partial charge in [0.05, 0.1) is 12.1 Å². The lowest BCUT2D eigenvalue weighted by atomic mass is 10.0. The van der Waals surface area contributed by atoms with Crippen LogP contribution in [0.2, 0.25) is 0 Å².